The summed E-state index contributed by atoms with van der Waals surface area (Å²) in [6.07, 6.45) is 0. The Bertz CT molecular complexity index is 2850. The second-order valence-electron chi connectivity index (χ2n) is 12.4. The number of rotatable bonds is 5. The van der Waals surface area contributed by atoms with Gasteiger partial charge < -0.3 is 0 Å². The molecule has 0 spiro atoms. The van der Waals surface area contributed by atoms with Crippen molar-refractivity contribution in [3.05, 3.63) is 164 Å². The van der Waals surface area contributed by atoms with Gasteiger partial charge >= 0.3 is 0 Å². The van der Waals surface area contributed by atoms with Crippen molar-refractivity contribution in [1.29, 1.82) is 0 Å². The molecule has 0 fully saturated rings. The topological polar surface area (TPSA) is 38.7 Å². The molecule has 3 nitrogen and oxygen atoms in total. The summed E-state index contributed by atoms with van der Waals surface area (Å²) >= 11 is 3.69. The van der Waals surface area contributed by atoms with Gasteiger partial charge in [-0.2, -0.15) is 0 Å². The second kappa shape index (κ2) is 11.8. The highest BCUT2D eigenvalue weighted by Gasteiger charge is 2.18. The highest BCUT2D eigenvalue weighted by atomic mass is 32.1. The Labute approximate surface area is 296 Å². The molecule has 3 aromatic heterocycles. The monoisotopic (exact) mass is 673 g/mol. The Hall–Kier alpha value is -6.01. The molecule has 7 aromatic carbocycles. The molecule has 0 unspecified atom stereocenters. The Morgan fingerprint density at radius 1 is 0.300 bits per heavy atom. The Balaban J connectivity index is 1.12. The maximum absolute atomic E-state index is 5.07. The SMILES string of the molecule is c1ccc(-c2ccc(-c3nc(-c4ccccc4)nc(-c4ccc5c(c4)sc4cccc(-c6cccc7sc8ccccc8c67)c45)n3)cc2)cc1. The van der Waals surface area contributed by atoms with E-state index in [0.717, 1.165) is 22.3 Å². The van der Waals surface area contributed by atoms with Crippen molar-refractivity contribution in [2.45, 2.75) is 0 Å². The van der Waals surface area contributed by atoms with Gasteiger partial charge in [-0.05, 0) is 46.5 Å². The van der Waals surface area contributed by atoms with Crippen LogP contribution < -0.4 is 0 Å². The van der Waals surface area contributed by atoms with Gasteiger partial charge in [0.1, 0.15) is 0 Å². The van der Waals surface area contributed by atoms with E-state index in [0.29, 0.717) is 17.5 Å². The van der Waals surface area contributed by atoms with Crippen LogP contribution in [0.4, 0.5) is 0 Å². The lowest BCUT2D eigenvalue weighted by atomic mass is 9.95. The summed E-state index contributed by atoms with van der Waals surface area (Å²) in [5, 5.41) is 5.19. The van der Waals surface area contributed by atoms with Gasteiger partial charge in [-0.3, -0.25) is 0 Å². The van der Waals surface area contributed by atoms with Crippen molar-refractivity contribution < 1.29 is 0 Å². The van der Waals surface area contributed by atoms with E-state index in [9.17, 15) is 0 Å². The van der Waals surface area contributed by atoms with E-state index in [-0.39, 0.29) is 0 Å². The molecule has 0 N–H and O–H groups in total. The predicted molar refractivity (Wildman–Crippen MR) is 213 cm³/mol. The molecular weight excluding hydrogens is 647 g/mol. The third-order valence-corrected chi connectivity index (χ3v) is 11.6. The molecule has 0 radical (unpaired) electrons. The van der Waals surface area contributed by atoms with Crippen LogP contribution in [0.1, 0.15) is 0 Å². The van der Waals surface area contributed by atoms with Crippen molar-refractivity contribution in [2.75, 3.05) is 0 Å². The highest BCUT2D eigenvalue weighted by Crippen LogP contribution is 2.45. The van der Waals surface area contributed by atoms with Crippen LogP contribution in [-0.2, 0) is 0 Å². The normalized spacial score (nSPS) is 11.6. The van der Waals surface area contributed by atoms with Crippen molar-refractivity contribution in [3.63, 3.8) is 0 Å². The summed E-state index contributed by atoms with van der Waals surface area (Å²) in [7, 11) is 0. The van der Waals surface area contributed by atoms with Crippen LogP contribution in [0.3, 0.4) is 0 Å². The maximum atomic E-state index is 5.07. The van der Waals surface area contributed by atoms with Gasteiger partial charge in [0.2, 0.25) is 0 Å². The molecule has 3 heterocycles. The first-order valence-corrected chi connectivity index (χ1v) is 18.2. The van der Waals surface area contributed by atoms with E-state index in [1.54, 1.807) is 0 Å². The number of fused-ring (bicyclic) bond motifs is 6. The molecule has 0 saturated carbocycles. The lowest BCUT2D eigenvalue weighted by molar-refractivity contribution is 1.07. The number of benzene rings is 7. The molecule has 0 atom stereocenters. The van der Waals surface area contributed by atoms with Crippen LogP contribution in [0.15, 0.2) is 164 Å². The first-order valence-electron chi connectivity index (χ1n) is 16.6. The average molecular weight is 674 g/mol. The minimum absolute atomic E-state index is 0.656. The summed E-state index contributed by atoms with van der Waals surface area (Å²) in [6, 6.07) is 57.9. The van der Waals surface area contributed by atoms with E-state index in [1.165, 1.54) is 57.0 Å². The average Bonchev–Trinajstić information content (AvgIpc) is 3.77. The van der Waals surface area contributed by atoms with Crippen LogP contribution in [-0.4, -0.2) is 15.0 Å². The van der Waals surface area contributed by atoms with Gasteiger partial charge in [-0.15, -0.1) is 22.7 Å². The summed E-state index contributed by atoms with van der Waals surface area (Å²) in [4.78, 5) is 15.1. The smallest absolute Gasteiger partial charge is 0.164 e. The van der Waals surface area contributed by atoms with Gasteiger partial charge in [0.05, 0.1) is 0 Å². The summed E-state index contributed by atoms with van der Waals surface area (Å²) in [5.41, 5.74) is 7.77. The van der Waals surface area contributed by atoms with Gasteiger partial charge in [0, 0.05) is 57.0 Å². The maximum Gasteiger partial charge on any atom is 0.164 e. The zero-order chi connectivity index (χ0) is 33.0. The molecule has 5 heteroatoms. The van der Waals surface area contributed by atoms with Crippen molar-refractivity contribution in [1.82, 2.24) is 15.0 Å². The van der Waals surface area contributed by atoms with Crippen molar-refractivity contribution in [3.8, 4) is 56.4 Å². The third-order valence-electron chi connectivity index (χ3n) is 9.37. The fourth-order valence-corrected chi connectivity index (χ4v) is 9.28. The summed E-state index contributed by atoms with van der Waals surface area (Å²) in [6.45, 7) is 0. The van der Waals surface area contributed by atoms with Gasteiger partial charge in [0.25, 0.3) is 0 Å². The number of hydrogen-bond donors (Lipinski definition) is 0. The second-order valence-corrected chi connectivity index (χ2v) is 14.6. The fraction of sp³-hybridized carbons (Fsp3) is 0. The van der Waals surface area contributed by atoms with Crippen molar-refractivity contribution in [2.24, 2.45) is 0 Å². The van der Waals surface area contributed by atoms with E-state index < -0.39 is 0 Å². The van der Waals surface area contributed by atoms with E-state index in [2.05, 4.69) is 140 Å². The minimum Gasteiger partial charge on any atom is -0.208 e. The lowest BCUT2D eigenvalue weighted by Crippen LogP contribution is -2.00. The van der Waals surface area contributed by atoms with Gasteiger partial charge in [0.15, 0.2) is 17.5 Å². The molecule has 0 amide bonds. The molecule has 0 aliphatic rings. The molecule has 0 aliphatic carbocycles. The third kappa shape index (κ3) is 4.90. The van der Waals surface area contributed by atoms with Crippen LogP contribution in [0, 0.1) is 0 Å². The standard InChI is InChI=1S/C45H27N3S2/c1-3-11-28(12-4-1)29-21-23-31(24-22-29)44-46-43(30-13-5-2-6-14-30)47-45(48-44)32-25-26-36-40(27-32)50-39-20-10-17-34(42(36)39)33-16-9-19-38-41(33)35-15-7-8-18-37(35)49-38/h1-27H. The van der Waals surface area contributed by atoms with Crippen LogP contribution >= 0.6 is 22.7 Å². The molecule has 0 aliphatic heterocycles. The number of thiophene rings is 2. The van der Waals surface area contributed by atoms with E-state index >= 15 is 0 Å². The quantitative estimate of drug-likeness (QED) is 0.182. The van der Waals surface area contributed by atoms with Crippen molar-refractivity contribution >= 4 is 63.0 Å². The predicted octanol–water partition coefficient (Wildman–Crippen LogP) is 12.9. The summed E-state index contributed by atoms with van der Waals surface area (Å²) < 4.78 is 5.12. The minimum atomic E-state index is 0.656. The zero-order valence-corrected chi connectivity index (χ0v) is 28.4. The summed E-state index contributed by atoms with van der Waals surface area (Å²) in [5.74, 6) is 1.98. The first kappa shape index (κ1) is 29.0. The lowest BCUT2D eigenvalue weighted by Gasteiger charge is -2.10. The molecular formula is C45H27N3S2. The molecule has 0 bridgehead atoms. The van der Waals surface area contributed by atoms with E-state index in [1.807, 2.05) is 46.9 Å². The Morgan fingerprint density at radius 2 is 0.740 bits per heavy atom. The van der Waals surface area contributed by atoms with Gasteiger partial charge in [-0.1, -0.05) is 140 Å². The van der Waals surface area contributed by atoms with Crippen LogP contribution in [0.5, 0.6) is 0 Å². The Morgan fingerprint density at radius 3 is 1.40 bits per heavy atom. The number of nitrogens with zero attached hydrogens (tertiary/aromatic N) is 3. The molecule has 10 aromatic rings. The first-order chi connectivity index (χ1) is 24.8. The van der Waals surface area contributed by atoms with Crippen LogP contribution in [0.2, 0.25) is 0 Å². The molecule has 234 valence electrons. The fourth-order valence-electron chi connectivity index (χ4n) is 6.98. The van der Waals surface area contributed by atoms with E-state index in [4.69, 9.17) is 15.0 Å². The number of aromatic nitrogens is 3. The molecule has 0 saturated heterocycles. The number of hydrogen-bond acceptors (Lipinski definition) is 5. The Kier molecular flexibility index (Phi) is 6.86. The zero-order valence-electron chi connectivity index (χ0n) is 26.7. The largest absolute Gasteiger partial charge is 0.208 e. The van der Waals surface area contributed by atoms with Gasteiger partial charge in [-0.25, -0.2) is 15.0 Å². The molecule has 10 rings (SSSR count). The highest BCUT2D eigenvalue weighted by molar-refractivity contribution is 7.26. The molecule has 50 heavy (non-hydrogen) atoms. The van der Waals surface area contributed by atoms with Crippen LogP contribution in [0.25, 0.3) is 96.8 Å².